The summed E-state index contributed by atoms with van der Waals surface area (Å²) in [6, 6.07) is -0.864. The number of nitrogens with zero attached hydrogens (tertiary/aromatic N) is 1. The topological polar surface area (TPSA) is 15.3 Å². The number of hydrogen-bond acceptors (Lipinski definition) is 2. The maximum atomic E-state index is 14.1. The summed E-state index contributed by atoms with van der Waals surface area (Å²) in [5.74, 6) is -1.49. The predicted octanol–water partition coefficient (Wildman–Crippen LogP) is 3.83. The molecule has 0 radical (unpaired) electrons. The van der Waals surface area contributed by atoms with E-state index in [0.29, 0.717) is 26.2 Å². The molecule has 1 saturated heterocycles. The molecule has 2 nitrogen and oxygen atoms in total. The van der Waals surface area contributed by atoms with Gasteiger partial charge in [-0.2, -0.15) is 26.3 Å². The van der Waals surface area contributed by atoms with Gasteiger partial charge in [-0.25, -0.2) is 4.39 Å². The van der Waals surface area contributed by atoms with E-state index in [1.165, 1.54) is 6.92 Å². The van der Waals surface area contributed by atoms with Crippen LogP contribution in [0.5, 0.6) is 0 Å². The molecule has 0 saturated carbocycles. The summed E-state index contributed by atoms with van der Waals surface area (Å²) in [6.45, 7) is 3.19. The molecular formula is C14H15F7N2. The highest BCUT2D eigenvalue weighted by Gasteiger charge is 2.41. The van der Waals surface area contributed by atoms with Crippen LogP contribution >= 0.6 is 0 Å². The zero-order valence-electron chi connectivity index (χ0n) is 12.2. The molecule has 23 heavy (non-hydrogen) atoms. The van der Waals surface area contributed by atoms with Crippen LogP contribution < -0.4 is 5.32 Å². The average Bonchev–Trinajstić information content (AvgIpc) is 2.44. The Bertz CT molecular complexity index is 559. The number of rotatable bonds is 2. The number of benzene rings is 1. The summed E-state index contributed by atoms with van der Waals surface area (Å²) in [6.07, 6.45) is -10.1. The Balaban J connectivity index is 2.53. The van der Waals surface area contributed by atoms with Crippen molar-refractivity contribution in [2.24, 2.45) is 0 Å². The molecule has 1 aliphatic rings. The van der Waals surface area contributed by atoms with Gasteiger partial charge >= 0.3 is 12.4 Å². The van der Waals surface area contributed by atoms with Gasteiger partial charge in [-0.05, 0) is 19.1 Å². The van der Waals surface area contributed by atoms with Gasteiger partial charge in [-0.1, -0.05) is 0 Å². The predicted molar refractivity (Wildman–Crippen MR) is 69.3 cm³/mol. The molecule has 0 aromatic heterocycles. The summed E-state index contributed by atoms with van der Waals surface area (Å²) in [7, 11) is 0. The van der Waals surface area contributed by atoms with Crippen molar-refractivity contribution in [1.29, 1.82) is 0 Å². The van der Waals surface area contributed by atoms with Gasteiger partial charge in [-0.3, -0.25) is 4.90 Å². The zero-order valence-corrected chi connectivity index (χ0v) is 12.2. The van der Waals surface area contributed by atoms with Crippen molar-refractivity contribution >= 4 is 0 Å². The third-order valence-electron chi connectivity index (χ3n) is 3.88. The van der Waals surface area contributed by atoms with E-state index in [4.69, 9.17) is 0 Å². The summed E-state index contributed by atoms with van der Waals surface area (Å²) in [5.41, 5.74) is -3.96. The third-order valence-corrected chi connectivity index (χ3v) is 3.88. The lowest BCUT2D eigenvalue weighted by Gasteiger charge is -2.34. The van der Waals surface area contributed by atoms with Crippen molar-refractivity contribution in [2.45, 2.75) is 25.3 Å². The normalized spacial score (nSPS) is 19.0. The molecule has 1 fully saturated rings. The van der Waals surface area contributed by atoms with Crippen LogP contribution in [0, 0.1) is 5.82 Å². The summed E-state index contributed by atoms with van der Waals surface area (Å²) >= 11 is 0. The first-order valence-electron chi connectivity index (χ1n) is 6.94. The van der Waals surface area contributed by atoms with E-state index in [1.54, 1.807) is 4.90 Å². The molecule has 0 bridgehead atoms. The fourth-order valence-electron chi connectivity index (χ4n) is 2.69. The van der Waals surface area contributed by atoms with Gasteiger partial charge in [-0.15, -0.1) is 0 Å². The Hall–Kier alpha value is -1.35. The first-order chi connectivity index (χ1) is 10.5. The van der Waals surface area contributed by atoms with Crippen molar-refractivity contribution in [1.82, 2.24) is 10.2 Å². The zero-order chi connectivity index (χ0) is 17.4. The van der Waals surface area contributed by atoms with Gasteiger partial charge < -0.3 is 5.32 Å². The first kappa shape index (κ1) is 18.0. The van der Waals surface area contributed by atoms with Crippen molar-refractivity contribution in [3.63, 3.8) is 0 Å². The first-order valence-corrected chi connectivity index (χ1v) is 6.94. The maximum absolute atomic E-state index is 14.1. The number of alkyl halides is 6. The average molecular weight is 344 g/mol. The van der Waals surface area contributed by atoms with Crippen LogP contribution in [0.3, 0.4) is 0 Å². The molecule has 9 heteroatoms. The summed E-state index contributed by atoms with van der Waals surface area (Å²) < 4.78 is 91.6. The summed E-state index contributed by atoms with van der Waals surface area (Å²) in [5, 5.41) is 3.00. The highest BCUT2D eigenvalue weighted by molar-refractivity contribution is 5.38. The molecule has 1 N–H and O–H groups in total. The molecule has 1 aliphatic heterocycles. The third kappa shape index (κ3) is 3.95. The van der Waals surface area contributed by atoms with Crippen molar-refractivity contribution in [2.75, 3.05) is 26.2 Å². The summed E-state index contributed by atoms with van der Waals surface area (Å²) in [4.78, 5) is 1.61. The van der Waals surface area contributed by atoms with Gasteiger partial charge in [0.2, 0.25) is 0 Å². The molecule has 2 rings (SSSR count). The largest absolute Gasteiger partial charge is 0.416 e. The number of hydrogen-bond donors (Lipinski definition) is 1. The van der Waals surface area contributed by atoms with Gasteiger partial charge in [0.05, 0.1) is 11.1 Å². The standard InChI is InChI=1S/C14H15F7N2/c1-8(23-4-2-22-3-5-23)12-10(14(19,20)21)6-9(7-11(12)15)13(16,17)18/h6-8,22H,2-5H2,1H3/t8-/m0/s1. The van der Waals surface area contributed by atoms with Gasteiger partial charge in [0.1, 0.15) is 5.82 Å². The van der Waals surface area contributed by atoms with Crippen LogP contribution in [-0.2, 0) is 12.4 Å². The Morgan fingerprint density at radius 2 is 1.57 bits per heavy atom. The van der Waals surface area contributed by atoms with Crippen LogP contribution in [0.15, 0.2) is 12.1 Å². The number of piperazine rings is 1. The van der Waals surface area contributed by atoms with E-state index >= 15 is 0 Å². The maximum Gasteiger partial charge on any atom is 0.416 e. The highest BCUT2D eigenvalue weighted by Crippen LogP contribution is 2.41. The quantitative estimate of drug-likeness (QED) is 0.821. The van der Waals surface area contributed by atoms with E-state index in [0.717, 1.165) is 0 Å². The van der Waals surface area contributed by atoms with Crippen LogP contribution in [0.25, 0.3) is 0 Å². The monoisotopic (exact) mass is 344 g/mol. The van der Waals surface area contributed by atoms with Crippen LogP contribution in [0.2, 0.25) is 0 Å². The van der Waals surface area contributed by atoms with Gasteiger partial charge in [0, 0.05) is 37.8 Å². The van der Waals surface area contributed by atoms with Crippen molar-refractivity contribution in [3.05, 3.63) is 34.6 Å². The fraction of sp³-hybridized carbons (Fsp3) is 0.571. The number of halogens is 7. The second-order valence-corrected chi connectivity index (χ2v) is 5.38. The van der Waals surface area contributed by atoms with Crippen molar-refractivity contribution in [3.8, 4) is 0 Å². The Morgan fingerprint density at radius 3 is 2.04 bits per heavy atom. The van der Waals surface area contributed by atoms with E-state index in [-0.39, 0.29) is 12.1 Å². The van der Waals surface area contributed by atoms with Crippen LogP contribution in [-0.4, -0.2) is 31.1 Å². The van der Waals surface area contributed by atoms with Crippen molar-refractivity contribution < 1.29 is 30.7 Å². The van der Waals surface area contributed by atoms with Crippen LogP contribution in [0.4, 0.5) is 30.7 Å². The molecule has 130 valence electrons. The molecule has 0 amide bonds. The second-order valence-electron chi connectivity index (χ2n) is 5.38. The molecule has 1 atom stereocenters. The minimum Gasteiger partial charge on any atom is -0.314 e. The van der Waals surface area contributed by atoms with E-state index in [2.05, 4.69) is 5.32 Å². The number of nitrogens with one attached hydrogen (secondary N) is 1. The van der Waals surface area contributed by atoms with E-state index in [1.807, 2.05) is 0 Å². The molecule has 0 spiro atoms. The lowest BCUT2D eigenvalue weighted by molar-refractivity contribution is -0.144. The second kappa shape index (κ2) is 6.27. The van der Waals surface area contributed by atoms with Gasteiger partial charge in [0.25, 0.3) is 0 Å². The van der Waals surface area contributed by atoms with E-state index in [9.17, 15) is 30.7 Å². The smallest absolute Gasteiger partial charge is 0.314 e. The molecular weight excluding hydrogens is 329 g/mol. The highest BCUT2D eigenvalue weighted by atomic mass is 19.4. The minimum absolute atomic E-state index is 0.0168. The molecule has 1 aromatic carbocycles. The van der Waals surface area contributed by atoms with Crippen LogP contribution in [0.1, 0.15) is 29.7 Å². The molecule has 0 aliphatic carbocycles. The lowest BCUT2D eigenvalue weighted by atomic mass is 9.96. The molecule has 0 unspecified atom stereocenters. The Morgan fingerprint density at radius 1 is 1.00 bits per heavy atom. The minimum atomic E-state index is -5.07. The fourth-order valence-corrected chi connectivity index (χ4v) is 2.69. The van der Waals surface area contributed by atoms with E-state index < -0.39 is 40.9 Å². The Labute approximate surface area is 128 Å². The Kier molecular flexibility index (Phi) is 4.91. The van der Waals surface area contributed by atoms with Gasteiger partial charge in [0.15, 0.2) is 0 Å². The SMILES string of the molecule is C[C@@H](c1c(F)cc(C(F)(F)F)cc1C(F)(F)F)N1CCNCC1. The lowest BCUT2D eigenvalue weighted by Crippen LogP contribution is -2.45. The molecule has 1 aromatic rings. The molecule has 1 heterocycles.